The number of carbonyl (C=O) groups is 3. The number of hydrogen-bond donors (Lipinski definition) is 1. The van der Waals surface area contributed by atoms with Crippen LogP contribution in [0.2, 0.25) is 0 Å². The standard InChI is InChI=1S/C27H20F3NO7S/c1-36-22-12-18(6-11-21(22)37-15-17-2-7-19(8-3-17)25(33)34)13-23-24(32)31(26(35)39-23)14-16-4-9-20(10-5-16)38-27(28,29)30/h2-13H,14-15H2,1H3,(H,33,34)/b23-13-. The number of nitrogens with zero attached hydrogens (tertiary/aromatic N) is 1. The average molecular weight is 560 g/mol. The number of imide groups is 1. The molecule has 1 heterocycles. The van der Waals surface area contributed by atoms with Crippen molar-refractivity contribution >= 4 is 35.0 Å². The van der Waals surface area contributed by atoms with Crippen LogP contribution < -0.4 is 14.2 Å². The summed E-state index contributed by atoms with van der Waals surface area (Å²) in [6.07, 6.45) is -3.29. The Morgan fingerprint density at radius 2 is 1.64 bits per heavy atom. The van der Waals surface area contributed by atoms with Gasteiger partial charge < -0.3 is 19.3 Å². The van der Waals surface area contributed by atoms with Crippen molar-refractivity contribution in [3.8, 4) is 17.2 Å². The minimum Gasteiger partial charge on any atom is -0.493 e. The van der Waals surface area contributed by atoms with Crippen LogP contribution in [-0.2, 0) is 17.9 Å². The molecule has 12 heteroatoms. The van der Waals surface area contributed by atoms with Crippen LogP contribution in [0, 0.1) is 0 Å². The van der Waals surface area contributed by atoms with Crippen molar-refractivity contribution in [2.75, 3.05) is 7.11 Å². The van der Waals surface area contributed by atoms with Gasteiger partial charge in [0.2, 0.25) is 0 Å². The summed E-state index contributed by atoms with van der Waals surface area (Å²) < 4.78 is 52.1. The molecular formula is C27H20F3NO7S. The van der Waals surface area contributed by atoms with Crippen LogP contribution in [0.15, 0.2) is 71.6 Å². The first-order chi connectivity index (χ1) is 18.5. The van der Waals surface area contributed by atoms with Crippen LogP contribution in [0.4, 0.5) is 18.0 Å². The molecule has 1 saturated heterocycles. The number of rotatable bonds is 9. The largest absolute Gasteiger partial charge is 0.573 e. The molecule has 1 aliphatic rings. The summed E-state index contributed by atoms with van der Waals surface area (Å²) in [5, 5.41) is 8.49. The van der Waals surface area contributed by atoms with Gasteiger partial charge in [0, 0.05) is 0 Å². The monoisotopic (exact) mass is 559 g/mol. The van der Waals surface area contributed by atoms with E-state index in [1.54, 1.807) is 30.3 Å². The molecule has 0 radical (unpaired) electrons. The summed E-state index contributed by atoms with van der Waals surface area (Å²) in [6.45, 7) is 0.0512. The zero-order chi connectivity index (χ0) is 28.2. The number of carboxylic acids is 1. The van der Waals surface area contributed by atoms with E-state index in [4.69, 9.17) is 14.6 Å². The van der Waals surface area contributed by atoms with Crippen molar-refractivity contribution in [1.82, 2.24) is 4.90 Å². The van der Waals surface area contributed by atoms with E-state index in [1.165, 1.54) is 37.5 Å². The number of carbonyl (C=O) groups excluding carboxylic acids is 2. The lowest BCUT2D eigenvalue weighted by atomic mass is 10.1. The molecule has 0 unspecified atom stereocenters. The molecule has 1 aliphatic heterocycles. The summed E-state index contributed by atoms with van der Waals surface area (Å²) in [7, 11) is 1.45. The van der Waals surface area contributed by atoms with Gasteiger partial charge in [-0.3, -0.25) is 14.5 Å². The highest BCUT2D eigenvalue weighted by molar-refractivity contribution is 8.18. The molecule has 0 aliphatic carbocycles. The summed E-state index contributed by atoms with van der Waals surface area (Å²) in [5.74, 6) is -1.16. The number of halogens is 3. The Bertz CT molecular complexity index is 1420. The number of methoxy groups -OCH3 is 1. The van der Waals surface area contributed by atoms with Gasteiger partial charge in [-0.25, -0.2) is 4.79 Å². The predicted octanol–water partition coefficient (Wildman–Crippen LogP) is 6.11. The number of ether oxygens (including phenoxy) is 3. The second kappa shape index (κ2) is 11.5. The average Bonchev–Trinajstić information content (AvgIpc) is 3.15. The molecule has 0 bridgehead atoms. The van der Waals surface area contributed by atoms with E-state index in [0.29, 0.717) is 22.6 Å². The van der Waals surface area contributed by atoms with E-state index in [0.717, 1.165) is 34.4 Å². The lowest BCUT2D eigenvalue weighted by Crippen LogP contribution is -2.27. The zero-order valence-electron chi connectivity index (χ0n) is 20.2. The maximum atomic E-state index is 12.9. The number of thioether (sulfide) groups is 1. The molecule has 202 valence electrons. The number of carboxylic acid groups (broad SMARTS) is 1. The van der Waals surface area contributed by atoms with Crippen LogP contribution in [0.5, 0.6) is 17.2 Å². The van der Waals surface area contributed by atoms with Gasteiger partial charge in [0.05, 0.1) is 24.1 Å². The van der Waals surface area contributed by atoms with Crippen molar-refractivity contribution in [2.24, 2.45) is 0 Å². The zero-order valence-corrected chi connectivity index (χ0v) is 21.0. The van der Waals surface area contributed by atoms with Crippen molar-refractivity contribution in [2.45, 2.75) is 19.5 Å². The molecule has 39 heavy (non-hydrogen) atoms. The first-order valence-electron chi connectivity index (χ1n) is 11.3. The first-order valence-corrected chi connectivity index (χ1v) is 12.1. The lowest BCUT2D eigenvalue weighted by molar-refractivity contribution is -0.274. The second-order valence-electron chi connectivity index (χ2n) is 8.16. The molecule has 0 aromatic heterocycles. The molecule has 3 aromatic carbocycles. The van der Waals surface area contributed by atoms with E-state index >= 15 is 0 Å². The third-order valence-electron chi connectivity index (χ3n) is 5.45. The molecule has 0 atom stereocenters. The van der Waals surface area contributed by atoms with E-state index in [2.05, 4.69) is 4.74 Å². The van der Waals surface area contributed by atoms with Gasteiger partial charge in [-0.15, -0.1) is 13.2 Å². The third kappa shape index (κ3) is 7.11. The van der Waals surface area contributed by atoms with E-state index in [-0.39, 0.29) is 23.6 Å². The summed E-state index contributed by atoms with van der Waals surface area (Å²) in [4.78, 5) is 37.5. The van der Waals surface area contributed by atoms with Crippen LogP contribution in [-0.4, -0.2) is 40.6 Å². The van der Waals surface area contributed by atoms with Gasteiger partial charge >= 0.3 is 12.3 Å². The van der Waals surface area contributed by atoms with Crippen molar-refractivity contribution in [3.05, 3.63) is 93.9 Å². The number of aromatic carboxylic acids is 1. The smallest absolute Gasteiger partial charge is 0.493 e. The maximum Gasteiger partial charge on any atom is 0.573 e. The quantitative estimate of drug-likeness (QED) is 0.314. The fourth-order valence-electron chi connectivity index (χ4n) is 3.56. The Balaban J connectivity index is 1.42. The van der Waals surface area contributed by atoms with Crippen LogP contribution in [0.1, 0.15) is 27.0 Å². The molecule has 2 amide bonds. The van der Waals surface area contributed by atoms with Gasteiger partial charge in [0.1, 0.15) is 12.4 Å². The minimum atomic E-state index is -4.82. The van der Waals surface area contributed by atoms with E-state index < -0.39 is 29.2 Å². The van der Waals surface area contributed by atoms with Crippen molar-refractivity contribution in [1.29, 1.82) is 0 Å². The van der Waals surface area contributed by atoms with Gasteiger partial charge in [-0.05, 0) is 70.9 Å². The Morgan fingerprint density at radius 1 is 0.974 bits per heavy atom. The Labute approximate surface area is 224 Å². The van der Waals surface area contributed by atoms with Crippen molar-refractivity contribution in [3.63, 3.8) is 0 Å². The normalized spacial score (nSPS) is 14.6. The summed E-state index contributed by atoms with van der Waals surface area (Å²) in [6, 6.07) is 16.1. The highest BCUT2D eigenvalue weighted by Crippen LogP contribution is 2.36. The molecule has 1 N–H and O–H groups in total. The molecule has 3 aromatic rings. The number of benzene rings is 3. The lowest BCUT2D eigenvalue weighted by Gasteiger charge is -2.13. The topological polar surface area (TPSA) is 102 Å². The highest BCUT2D eigenvalue weighted by atomic mass is 32.2. The Kier molecular flexibility index (Phi) is 8.15. The molecule has 4 rings (SSSR count). The van der Waals surface area contributed by atoms with E-state index in [9.17, 15) is 27.6 Å². The van der Waals surface area contributed by atoms with Crippen molar-refractivity contribution < 1.29 is 46.9 Å². The maximum absolute atomic E-state index is 12.9. The van der Waals surface area contributed by atoms with Crippen LogP contribution in [0.3, 0.4) is 0 Å². The Morgan fingerprint density at radius 3 is 2.26 bits per heavy atom. The predicted molar refractivity (Wildman–Crippen MR) is 135 cm³/mol. The summed E-state index contributed by atoms with van der Waals surface area (Å²) >= 11 is 0.746. The fourth-order valence-corrected chi connectivity index (χ4v) is 4.40. The number of alkyl halides is 3. The van der Waals surface area contributed by atoms with Gasteiger partial charge in [0.25, 0.3) is 11.1 Å². The van der Waals surface area contributed by atoms with E-state index in [1.807, 2.05) is 0 Å². The second-order valence-corrected chi connectivity index (χ2v) is 9.15. The first kappa shape index (κ1) is 27.6. The van der Waals surface area contributed by atoms with Crippen LogP contribution >= 0.6 is 11.8 Å². The van der Waals surface area contributed by atoms with Gasteiger partial charge in [-0.1, -0.05) is 30.3 Å². The molecule has 0 saturated carbocycles. The highest BCUT2D eigenvalue weighted by Gasteiger charge is 2.35. The SMILES string of the molecule is COc1cc(/C=C2\SC(=O)N(Cc3ccc(OC(F)(F)F)cc3)C2=O)ccc1OCc1ccc(C(=O)O)cc1. The molecule has 1 fully saturated rings. The number of hydrogen-bond acceptors (Lipinski definition) is 7. The van der Waals surface area contributed by atoms with Crippen LogP contribution in [0.25, 0.3) is 6.08 Å². The van der Waals surface area contributed by atoms with Gasteiger partial charge in [0.15, 0.2) is 11.5 Å². The molecular weight excluding hydrogens is 539 g/mol. The molecule has 0 spiro atoms. The van der Waals surface area contributed by atoms with Gasteiger partial charge in [-0.2, -0.15) is 0 Å². The minimum absolute atomic E-state index is 0.113. The fraction of sp³-hybridized carbons (Fsp3) is 0.148. The molecule has 8 nitrogen and oxygen atoms in total. The third-order valence-corrected chi connectivity index (χ3v) is 6.36. The Hall–Kier alpha value is -4.45. The summed E-state index contributed by atoms with van der Waals surface area (Å²) in [5.41, 5.74) is 1.94. The number of amides is 2.